The minimum absolute atomic E-state index is 0.332. The van der Waals surface area contributed by atoms with E-state index < -0.39 is 0 Å². The van der Waals surface area contributed by atoms with Gasteiger partial charge in [-0.15, -0.1) is 11.8 Å². The molecule has 0 aliphatic heterocycles. The monoisotopic (exact) mass is 301 g/mol. The van der Waals surface area contributed by atoms with Crippen LogP contribution < -0.4 is 5.32 Å². The summed E-state index contributed by atoms with van der Waals surface area (Å²) in [6, 6.07) is 8.70. The zero-order chi connectivity index (χ0) is 15.4. The van der Waals surface area contributed by atoms with E-state index in [1.165, 1.54) is 16.7 Å². The quantitative estimate of drug-likeness (QED) is 0.649. The van der Waals surface area contributed by atoms with Crippen molar-refractivity contribution in [1.29, 1.82) is 0 Å². The molecule has 0 aliphatic rings. The first-order valence-corrected chi connectivity index (χ1v) is 8.23. The van der Waals surface area contributed by atoms with E-state index in [2.05, 4.69) is 61.2 Å². The lowest BCUT2D eigenvalue weighted by Gasteiger charge is -2.10. The van der Waals surface area contributed by atoms with Crippen LogP contribution in [0.1, 0.15) is 42.3 Å². The summed E-state index contributed by atoms with van der Waals surface area (Å²) in [5.74, 6) is 3.04. The number of rotatable bonds is 5. The molecule has 2 rings (SSSR count). The van der Waals surface area contributed by atoms with Gasteiger partial charge in [0, 0.05) is 24.8 Å². The molecule has 21 heavy (non-hydrogen) atoms. The Hall–Kier alpha value is -1.55. The molecule has 0 spiro atoms. The van der Waals surface area contributed by atoms with E-state index in [0.717, 1.165) is 22.4 Å². The van der Waals surface area contributed by atoms with Crippen LogP contribution in [-0.2, 0) is 5.75 Å². The summed E-state index contributed by atoms with van der Waals surface area (Å²) >= 11 is 1.76. The summed E-state index contributed by atoms with van der Waals surface area (Å²) in [6.07, 6.45) is 0. The van der Waals surface area contributed by atoms with Gasteiger partial charge in [-0.05, 0) is 19.4 Å². The molecule has 0 atom stereocenters. The number of nitrogens with zero attached hydrogens (tertiary/aromatic N) is 2. The first-order chi connectivity index (χ1) is 9.97. The number of aryl methyl sites for hydroxylation is 2. The highest BCUT2D eigenvalue weighted by atomic mass is 32.2. The average Bonchev–Trinajstić information content (AvgIpc) is 2.43. The summed E-state index contributed by atoms with van der Waals surface area (Å²) < 4.78 is 0. The topological polar surface area (TPSA) is 37.8 Å². The second-order valence-electron chi connectivity index (χ2n) is 5.64. The van der Waals surface area contributed by atoms with E-state index in [1.807, 2.05) is 13.1 Å². The van der Waals surface area contributed by atoms with Gasteiger partial charge in [0.25, 0.3) is 0 Å². The molecule has 0 radical (unpaired) electrons. The predicted octanol–water partition coefficient (Wildman–Crippen LogP) is 4.55. The predicted molar refractivity (Wildman–Crippen MR) is 91.1 cm³/mol. The van der Waals surface area contributed by atoms with Gasteiger partial charge < -0.3 is 5.32 Å². The maximum atomic E-state index is 4.65. The molecular weight excluding hydrogens is 278 g/mol. The maximum Gasteiger partial charge on any atom is 0.134 e. The summed E-state index contributed by atoms with van der Waals surface area (Å²) in [5, 5.41) is 4.14. The highest BCUT2D eigenvalue weighted by molar-refractivity contribution is 7.98. The molecule has 2 aromatic rings. The molecule has 1 aromatic carbocycles. The van der Waals surface area contributed by atoms with E-state index in [0.29, 0.717) is 5.92 Å². The number of hydrogen-bond donors (Lipinski definition) is 1. The van der Waals surface area contributed by atoms with Gasteiger partial charge in [0.15, 0.2) is 0 Å². The summed E-state index contributed by atoms with van der Waals surface area (Å²) in [6.45, 7) is 8.52. The molecule has 0 saturated heterocycles. The largest absolute Gasteiger partial charge is 0.373 e. The molecule has 0 bridgehead atoms. The Morgan fingerprint density at radius 2 is 1.71 bits per heavy atom. The third kappa shape index (κ3) is 4.46. The highest BCUT2D eigenvalue weighted by Crippen LogP contribution is 2.25. The van der Waals surface area contributed by atoms with Gasteiger partial charge in [0.1, 0.15) is 16.7 Å². The van der Waals surface area contributed by atoms with Crippen LogP contribution in [0.25, 0.3) is 0 Å². The van der Waals surface area contributed by atoms with Crippen LogP contribution in [0, 0.1) is 13.8 Å². The molecule has 1 heterocycles. The number of benzene rings is 1. The van der Waals surface area contributed by atoms with Crippen LogP contribution in [-0.4, -0.2) is 17.0 Å². The van der Waals surface area contributed by atoms with Crippen LogP contribution in [0.3, 0.4) is 0 Å². The maximum absolute atomic E-state index is 4.65. The Balaban J connectivity index is 2.17. The van der Waals surface area contributed by atoms with Crippen LogP contribution in [0.2, 0.25) is 0 Å². The minimum atomic E-state index is 0.332. The fourth-order valence-electron chi connectivity index (χ4n) is 2.21. The SMILES string of the molecule is CNc1cc(SCc2cc(C)cc(C)c2)nc(C(C)C)n1. The Morgan fingerprint density at radius 1 is 1.05 bits per heavy atom. The normalized spacial score (nSPS) is 11.0. The third-order valence-corrected chi connectivity index (χ3v) is 4.14. The van der Waals surface area contributed by atoms with Crippen molar-refractivity contribution in [3.63, 3.8) is 0 Å². The lowest BCUT2D eigenvalue weighted by molar-refractivity contribution is 0.755. The third-order valence-electron chi connectivity index (χ3n) is 3.16. The Labute approximate surface area is 131 Å². The van der Waals surface area contributed by atoms with E-state index in [9.17, 15) is 0 Å². The highest BCUT2D eigenvalue weighted by Gasteiger charge is 2.08. The fraction of sp³-hybridized carbons (Fsp3) is 0.412. The smallest absolute Gasteiger partial charge is 0.134 e. The van der Waals surface area contributed by atoms with Crippen LogP contribution in [0.5, 0.6) is 0 Å². The van der Waals surface area contributed by atoms with Crippen molar-refractivity contribution in [1.82, 2.24) is 9.97 Å². The van der Waals surface area contributed by atoms with Crippen molar-refractivity contribution in [2.45, 2.75) is 44.4 Å². The Morgan fingerprint density at radius 3 is 2.29 bits per heavy atom. The fourth-order valence-corrected chi connectivity index (χ4v) is 3.05. The number of aromatic nitrogens is 2. The van der Waals surface area contributed by atoms with Crippen molar-refractivity contribution in [2.24, 2.45) is 0 Å². The van der Waals surface area contributed by atoms with Crippen LogP contribution >= 0.6 is 11.8 Å². The van der Waals surface area contributed by atoms with Crippen molar-refractivity contribution in [2.75, 3.05) is 12.4 Å². The molecule has 3 nitrogen and oxygen atoms in total. The second-order valence-corrected chi connectivity index (χ2v) is 6.63. The van der Waals surface area contributed by atoms with Crippen molar-refractivity contribution >= 4 is 17.6 Å². The van der Waals surface area contributed by atoms with Gasteiger partial charge in [-0.1, -0.05) is 43.2 Å². The molecule has 0 aliphatic carbocycles. The van der Waals surface area contributed by atoms with E-state index in [4.69, 9.17) is 0 Å². The van der Waals surface area contributed by atoms with Crippen LogP contribution in [0.15, 0.2) is 29.3 Å². The zero-order valence-electron chi connectivity index (χ0n) is 13.4. The number of hydrogen-bond acceptors (Lipinski definition) is 4. The van der Waals surface area contributed by atoms with Gasteiger partial charge in [-0.25, -0.2) is 9.97 Å². The second kappa shape index (κ2) is 6.94. The van der Waals surface area contributed by atoms with Crippen molar-refractivity contribution < 1.29 is 0 Å². The molecular formula is C17H23N3S. The first-order valence-electron chi connectivity index (χ1n) is 7.24. The first kappa shape index (κ1) is 15.8. The summed E-state index contributed by atoms with van der Waals surface area (Å²) in [4.78, 5) is 9.15. The van der Waals surface area contributed by atoms with Crippen LogP contribution in [0.4, 0.5) is 5.82 Å². The zero-order valence-corrected chi connectivity index (χ0v) is 14.2. The summed E-state index contributed by atoms with van der Waals surface area (Å²) in [5.41, 5.74) is 3.97. The van der Waals surface area contributed by atoms with E-state index in [1.54, 1.807) is 11.8 Å². The standard InChI is InChI=1S/C17H23N3S/c1-11(2)17-19-15(18-5)9-16(20-17)21-10-14-7-12(3)6-13(4)8-14/h6-9,11H,10H2,1-5H3,(H,18,19,20). The van der Waals surface area contributed by atoms with Gasteiger partial charge in [-0.3, -0.25) is 0 Å². The summed E-state index contributed by atoms with van der Waals surface area (Å²) in [7, 11) is 1.89. The van der Waals surface area contributed by atoms with E-state index in [-0.39, 0.29) is 0 Å². The van der Waals surface area contributed by atoms with Gasteiger partial charge >= 0.3 is 0 Å². The van der Waals surface area contributed by atoms with Gasteiger partial charge in [0.05, 0.1) is 0 Å². The van der Waals surface area contributed by atoms with Crippen molar-refractivity contribution in [3.8, 4) is 0 Å². The molecule has 1 N–H and O–H groups in total. The minimum Gasteiger partial charge on any atom is -0.373 e. The molecule has 0 unspecified atom stereocenters. The number of anilines is 1. The molecule has 4 heteroatoms. The molecule has 0 fully saturated rings. The molecule has 0 amide bonds. The van der Waals surface area contributed by atoms with Gasteiger partial charge in [0.2, 0.25) is 0 Å². The average molecular weight is 301 g/mol. The molecule has 1 aromatic heterocycles. The molecule has 112 valence electrons. The number of thioether (sulfide) groups is 1. The van der Waals surface area contributed by atoms with Crippen molar-refractivity contribution in [3.05, 3.63) is 46.8 Å². The lowest BCUT2D eigenvalue weighted by Crippen LogP contribution is -2.02. The van der Waals surface area contributed by atoms with Gasteiger partial charge in [-0.2, -0.15) is 0 Å². The Kier molecular flexibility index (Phi) is 5.23. The Bertz CT molecular complexity index is 603. The molecule has 0 saturated carbocycles. The lowest BCUT2D eigenvalue weighted by atomic mass is 10.1. The number of nitrogens with one attached hydrogen (secondary N) is 1. The van der Waals surface area contributed by atoms with E-state index >= 15 is 0 Å².